The Morgan fingerprint density at radius 2 is 2.10 bits per heavy atom. The quantitative estimate of drug-likeness (QED) is 0.719. The lowest BCUT2D eigenvalue weighted by molar-refractivity contribution is 0.173. The van der Waals surface area contributed by atoms with Gasteiger partial charge in [0.2, 0.25) is 0 Å². The Labute approximate surface area is 130 Å². The number of hydrogen-bond donors (Lipinski definition) is 3. The van der Waals surface area contributed by atoms with Gasteiger partial charge in [0.05, 0.1) is 6.10 Å². The number of hydrogen-bond acceptors (Lipinski definition) is 4. The van der Waals surface area contributed by atoms with E-state index in [0.717, 1.165) is 12.1 Å². The first-order valence-corrected chi connectivity index (χ1v) is 8.53. The maximum absolute atomic E-state index is 11.7. The number of thiophene rings is 1. The van der Waals surface area contributed by atoms with Crippen LogP contribution in [0.25, 0.3) is 0 Å². The monoisotopic (exact) mass is 311 g/mol. The maximum Gasteiger partial charge on any atom is 0.314 e. The molecule has 1 aromatic rings. The molecule has 1 saturated heterocycles. The average Bonchev–Trinajstić information content (AvgIpc) is 3.15. The number of aliphatic hydroxyl groups excluding tert-OH is 1. The molecule has 1 aliphatic rings. The van der Waals surface area contributed by atoms with Crippen LogP contribution in [0.15, 0.2) is 16.8 Å². The van der Waals surface area contributed by atoms with E-state index in [2.05, 4.69) is 22.5 Å². The molecule has 1 aromatic heterocycles. The van der Waals surface area contributed by atoms with Crippen LogP contribution < -0.4 is 10.6 Å². The number of likely N-dealkylation sites (tertiary alicyclic amines) is 1. The Hall–Kier alpha value is -1.11. The summed E-state index contributed by atoms with van der Waals surface area (Å²) >= 11 is 1.54. The van der Waals surface area contributed by atoms with Gasteiger partial charge in [-0.25, -0.2) is 4.79 Å². The minimum Gasteiger partial charge on any atom is -0.387 e. The summed E-state index contributed by atoms with van der Waals surface area (Å²) in [5, 5.41) is 19.3. The summed E-state index contributed by atoms with van der Waals surface area (Å²) in [4.78, 5) is 14.2. The van der Waals surface area contributed by atoms with Gasteiger partial charge >= 0.3 is 6.03 Å². The summed E-state index contributed by atoms with van der Waals surface area (Å²) in [6.07, 6.45) is 1.95. The van der Waals surface area contributed by atoms with Crippen molar-refractivity contribution in [2.24, 2.45) is 5.92 Å². The number of carbonyl (C=O) groups excluding carboxylic acids is 1. The summed E-state index contributed by atoms with van der Waals surface area (Å²) in [5.41, 5.74) is 0.850. The summed E-state index contributed by atoms with van der Waals surface area (Å²) in [6, 6.07) is 1.66. The van der Waals surface area contributed by atoms with E-state index in [0.29, 0.717) is 12.5 Å². The van der Waals surface area contributed by atoms with Gasteiger partial charge in [-0.3, -0.25) is 0 Å². The normalized spacial score (nSPS) is 18.4. The molecule has 0 radical (unpaired) electrons. The molecule has 5 nitrogen and oxygen atoms in total. The first kappa shape index (κ1) is 16.3. The van der Waals surface area contributed by atoms with Gasteiger partial charge in [-0.05, 0) is 54.2 Å². The van der Waals surface area contributed by atoms with Crippen LogP contribution in [0.4, 0.5) is 4.79 Å². The Balaban J connectivity index is 1.58. The van der Waals surface area contributed by atoms with Crippen molar-refractivity contribution in [3.05, 3.63) is 22.4 Å². The van der Waals surface area contributed by atoms with E-state index in [1.54, 1.807) is 0 Å². The van der Waals surface area contributed by atoms with Gasteiger partial charge in [0.15, 0.2) is 0 Å². The van der Waals surface area contributed by atoms with Gasteiger partial charge < -0.3 is 20.6 Å². The molecule has 0 aliphatic carbocycles. The molecule has 0 aromatic carbocycles. The fourth-order valence-corrected chi connectivity index (χ4v) is 3.28. The topological polar surface area (TPSA) is 64.6 Å². The predicted molar refractivity (Wildman–Crippen MR) is 85.5 cm³/mol. The Morgan fingerprint density at radius 1 is 1.38 bits per heavy atom. The zero-order valence-corrected chi connectivity index (χ0v) is 13.4. The summed E-state index contributed by atoms with van der Waals surface area (Å²) in [7, 11) is 0. The molecule has 3 N–H and O–H groups in total. The van der Waals surface area contributed by atoms with E-state index < -0.39 is 6.10 Å². The van der Waals surface area contributed by atoms with Crippen LogP contribution in [-0.2, 0) is 0 Å². The van der Waals surface area contributed by atoms with Crippen molar-refractivity contribution >= 4 is 17.4 Å². The molecule has 6 heteroatoms. The molecule has 0 spiro atoms. The van der Waals surface area contributed by atoms with Crippen molar-refractivity contribution in [1.29, 1.82) is 0 Å². The standard InChI is InChI=1S/C15H25N3O2S/c1-12(10-18-5-2-3-6-18)8-16-15(20)17-9-14(19)13-4-7-21-11-13/h4,7,11-12,14,19H,2-3,5-6,8-10H2,1H3,(H2,16,17,20). The summed E-state index contributed by atoms with van der Waals surface area (Å²) in [6.45, 7) is 6.46. The third-order valence-electron chi connectivity index (χ3n) is 3.76. The van der Waals surface area contributed by atoms with Crippen LogP contribution in [0, 0.1) is 5.92 Å². The first-order chi connectivity index (χ1) is 10.1. The number of carbonyl (C=O) groups is 1. The van der Waals surface area contributed by atoms with E-state index in [9.17, 15) is 9.90 Å². The second-order valence-corrected chi connectivity index (χ2v) is 6.56. The Morgan fingerprint density at radius 3 is 2.76 bits per heavy atom. The second-order valence-electron chi connectivity index (χ2n) is 5.78. The fraction of sp³-hybridized carbons (Fsp3) is 0.667. The van der Waals surface area contributed by atoms with Gasteiger partial charge in [-0.2, -0.15) is 11.3 Å². The van der Waals surface area contributed by atoms with Gasteiger partial charge in [-0.1, -0.05) is 6.92 Å². The Bertz CT molecular complexity index is 419. The zero-order valence-electron chi connectivity index (χ0n) is 12.5. The van der Waals surface area contributed by atoms with Crippen LogP contribution >= 0.6 is 11.3 Å². The molecular weight excluding hydrogens is 286 g/mol. The van der Waals surface area contributed by atoms with Crippen LogP contribution in [-0.4, -0.2) is 48.8 Å². The van der Waals surface area contributed by atoms with Gasteiger partial charge in [-0.15, -0.1) is 0 Å². The molecule has 2 rings (SSSR count). The number of aliphatic hydroxyl groups is 1. The molecule has 2 amide bonds. The lowest BCUT2D eigenvalue weighted by Gasteiger charge is -2.20. The lowest BCUT2D eigenvalue weighted by atomic mass is 10.1. The van der Waals surface area contributed by atoms with E-state index in [1.807, 2.05) is 16.8 Å². The summed E-state index contributed by atoms with van der Waals surface area (Å²) < 4.78 is 0. The molecule has 118 valence electrons. The highest BCUT2D eigenvalue weighted by atomic mass is 32.1. The lowest BCUT2D eigenvalue weighted by Crippen LogP contribution is -2.41. The molecule has 2 heterocycles. The largest absolute Gasteiger partial charge is 0.387 e. The summed E-state index contributed by atoms with van der Waals surface area (Å²) in [5.74, 6) is 0.440. The maximum atomic E-state index is 11.7. The fourth-order valence-electron chi connectivity index (χ4n) is 2.57. The smallest absolute Gasteiger partial charge is 0.314 e. The second kappa shape index (κ2) is 8.36. The van der Waals surface area contributed by atoms with Crippen LogP contribution in [0.3, 0.4) is 0 Å². The van der Waals surface area contributed by atoms with Gasteiger partial charge in [0.25, 0.3) is 0 Å². The molecule has 0 saturated carbocycles. The Kier molecular flexibility index (Phi) is 6.48. The van der Waals surface area contributed by atoms with Crippen molar-refractivity contribution in [2.75, 3.05) is 32.7 Å². The molecule has 0 bridgehead atoms. The average molecular weight is 311 g/mol. The number of urea groups is 1. The van der Waals surface area contributed by atoms with Crippen molar-refractivity contribution in [3.8, 4) is 0 Å². The van der Waals surface area contributed by atoms with Crippen LogP contribution in [0.5, 0.6) is 0 Å². The van der Waals surface area contributed by atoms with Gasteiger partial charge in [0.1, 0.15) is 0 Å². The van der Waals surface area contributed by atoms with E-state index in [4.69, 9.17) is 0 Å². The molecule has 1 fully saturated rings. The molecule has 2 unspecified atom stereocenters. The minimum absolute atomic E-state index is 0.211. The molecule has 1 aliphatic heterocycles. The first-order valence-electron chi connectivity index (χ1n) is 7.59. The number of nitrogens with zero attached hydrogens (tertiary/aromatic N) is 1. The van der Waals surface area contributed by atoms with E-state index in [1.165, 1.54) is 37.3 Å². The third-order valence-corrected chi connectivity index (χ3v) is 4.47. The third kappa shape index (κ3) is 5.65. The minimum atomic E-state index is -0.635. The highest BCUT2D eigenvalue weighted by molar-refractivity contribution is 7.07. The highest BCUT2D eigenvalue weighted by Gasteiger charge is 2.15. The van der Waals surface area contributed by atoms with Crippen molar-refractivity contribution < 1.29 is 9.90 Å². The highest BCUT2D eigenvalue weighted by Crippen LogP contribution is 2.15. The van der Waals surface area contributed by atoms with Gasteiger partial charge in [0, 0.05) is 19.6 Å². The van der Waals surface area contributed by atoms with E-state index >= 15 is 0 Å². The van der Waals surface area contributed by atoms with Crippen molar-refractivity contribution in [2.45, 2.75) is 25.9 Å². The number of nitrogens with one attached hydrogen (secondary N) is 2. The predicted octanol–water partition coefficient (Wildman–Crippen LogP) is 1.81. The van der Waals surface area contributed by atoms with Crippen LogP contribution in [0.1, 0.15) is 31.4 Å². The molecule has 21 heavy (non-hydrogen) atoms. The van der Waals surface area contributed by atoms with E-state index in [-0.39, 0.29) is 12.6 Å². The number of amides is 2. The van der Waals surface area contributed by atoms with Crippen molar-refractivity contribution in [1.82, 2.24) is 15.5 Å². The molecule has 2 atom stereocenters. The zero-order chi connectivity index (χ0) is 15.1. The number of rotatable bonds is 7. The van der Waals surface area contributed by atoms with Crippen LogP contribution in [0.2, 0.25) is 0 Å². The molecular formula is C15H25N3O2S. The SMILES string of the molecule is CC(CNC(=O)NCC(O)c1ccsc1)CN1CCCC1. The van der Waals surface area contributed by atoms with Crippen molar-refractivity contribution in [3.63, 3.8) is 0 Å².